The molecule has 1 aromatic heterocycles. The molecule has 1 aromatic carbocycles. The molecule has 3 rings (SSSR count). The maximum Gasteiger partial charge on any atom is 0.136 e. The molecule has 1 heterocycles. The zero-order valence-corrected chi connectivity index (χ0v) is 11.4. The predicted molar refractivity (Wildman–Crippen MR) is 76.1 cm³/mol. The first-order valence-corrected chi connectivity index (χ1v) is 7.26. The van der Waals surface area contributed by atoms with Crippen molar-refractivity contribution in [1.29, 1.82) is 0 Å². The molecule has 1 aliphatic carbocycles. The second-order valence-electron chi connectivity index (χ2n) is 5.37. The summed E-state index contributed by atoms with van der Waals surface area (Å²) in [6.45, 7) is 3.05. The van der Waals surface area contributed by atoms with Crippen LogP contribution in [0, 0.1) is 5.92 Å². The number of ketones is 1. The molecule has 1 aliphatic rings. The van der Waals surface area contributed by atoms with E-state index in [4.69, 9.17) is 0 Å². The molecule has 0 amide bonds. The van der Waals surface area contributed by atoms with Gasteiger partial charge in [0.1, 0.15) is 11.6 Å². The van der Waals surface area contributed by atoms with E-state index in [1.165, 1.54) is 5.52 Å². The topological polar surface area (TPSA) is 34.9 Å². The number of imidazole rings is 1. The van der Waals surface area contributed by atoms with E-state index in [0.29, 0.717) is 5.78 Å². The lowest BCUT2D eigenvalue weighted by molar-refractivity contribution is -0.120. The fourth-order valence-electron chi connectivity index (χ4n) is 3.12. The minimum atomic E-state index is 0.283. The van der Waals surface area contributed by atoms with E-state index < -0.39 is 0 Å². The predicted octanol–water partition coefficient (Wildman–Crippen LogP) is 3.36. The van der Waals surface area contributed by atoms with Crippen molar-refractivity contribution in [2.75, 3.05) is 0 Å². The smallest absolute Gasteiger partial charge is 0.136 e. The van der Waals surface area contributed by atoms with E-state index in [-0.39, 0.29) is 5.92 Å². The molecule has 1 unspecified atom stereocenters. The second-order valence-corrected chi connectivity index (χ2v) is 5.37. The summed E-state index contributed by atoms with van der Waals surface area (Å²) in [5.74, 6) is 1.87. The van der Waals surface area contributed by atoms with E-state index >= 15 is 0 Å². The van der Waals surface area contributed by atoms with Crippen molar-refractivity contribution < 1.29 is 4.79 Å². The zero-order valence-electron chi connectivity index (χ0n) is 11.4. The van der Waals surface area contributed by atoms with Crippen molar-refractivity contribution in [3.8, 4) is 0 Å². The number of hydrogen-bond acceptors (Lipinski definition) is 2. The van der Waals surface area contributed by atoms with Gasteiger partial charge in [-0.1, -0.05) is 19.1 Å². The minimum absolute atomic E-state index is 0.283. The molecule has 3 nitrogen and oxygen atoms in total. The van der Waals surface area contributed by atoms with Crippen molar-refractivity contribution in [2.45, 2.75) is 45.6 Å². The maximum absolute atomic E-state index is 11.7. The Balaban J connectivity index is 1.85. The van der Waals surface area contributed by atoms with Gasteiger partial charge in [0.2, 0.25) is 0 Å². The summed E-state index contributed by atoms with van der Waals surface area (Å²) in [5.41, 5.74) is 2.27. The number of para-hydroxylation sites is 2. The standard InChI is InChI=1S/C16H20N2O/c1-2-16-17-13-7-3-4-8-14(13)18(16)11-10-12-6-5-9-15(12)19/h3-4,7-8,12H,2,5-6,9-11H2,1H3. The minimum Gasteiger partial charge on any atom is -0.328 e. The molecule has 0 N–H and O–H groups in total. The first-order chi connectivity index (χ1) is 9.29. The van der Waals surface area contributed by atoms with Gasteiger partial charge in [-0.25, -0.2) is 4.98 Å². The van der Waals surface area contributed by atoms with Crippen molar-refractivity contribution in [2.24, 2.45) is 5.92 Å². The van der Waals surface area contributed by atoms with Crippen LogP contribution >= 0.6 is 0 Å². The average Bonchev–Trinajstić information content (AvgIpc) is 2.99. The average molecular weight is 256 g/mol. The lowest BCUT2D eigenvalue weighted by atomic mass is 10.0. The highest BCUT2D eigenvalue weighted by atomic mass is 16.1. The molecular formula is C16H20N2O. The number of Topliss-reactive ketones (excluding diaryl/α,β-unsaturated/α-hetero) is 1. The van der Waals surface area contributed by atoms with Crippen LogP contribution in [0.4, 0.5) is 0 Å². The Morgan fingerprint density at radius 1 is 1.37 bits per heavy atom. The third-order valence-corrected chi connectivity index (χ3v) is 4.18. The van der Waals surface area contributed by atoms with Crippen LogP contribution in [0.5, 0.6) is 0 Å². The number of rotatable bonds is 4. The second kappa shape index (κ2) is 5.16. The van der Waals surface area contributed by atoms with E-state index in [1.807, 2.05) is 6.07 Å². The lowest BCUT2D eigenvalue weighted by Gasteiger charge is -2.11. The number of fused-ring (bicyclic) bond motifs is 1. The summed E-state index contributed by atoms with van der Waals surface area (Å²) in [5, 5.41) is 0. The number of carbonyl (C=O) groups excluding carboxylic acids is 1. The molecule has 100 valence electrons. The maximum atomic E-state index is 11.7. The van der Waals surface area contributed by atoms with Crippen molar-refractivity contribution in [3.63, 3.8) is 0 Å². The molecule has 2 aromatic rings. The molecule has 1 fully saturated rings. The molecule has 0 spiro atoms. The third kappa shape index (κ3) is 2.29. The van der Waals surface area contributed by atoms with Gasteiger partial charge in [0.25, 0.3) is 0 Å². The fourth-order valence-corrected chi connectivity index (χ4v) is 3.12. The van der Waals surface area contributed by atoms with E-state index in [2.05, 4.69) is 34.7 Å². The summed E-state index contributed by atoms with van der Waals surface area (Å²) in [7, 11) is 0. The fraction of sp³-hybridized carbons (Fsp3) is 0.500. The van der Waals surface area contributed by atoms with E-state index in [1.54, 1.807) is 0 Å². The number of carbonyl (C=O) groups is 1. The zero-order chi connectivity index (χ0) is 13.2. The molecular weight excluding hydrogens is 236 g/mol. The van der Waals surface area contributed by atoms with Crippen LogP contribution in [-0.2, 0) is 17.8 Å². The Morgan fingerprint density at radius 2 is 2.21 bits per heavy atom. The third-order valence-electron chi connectivity index (χ3n) is 4.18. The highest BCUT2D eigenvalue weighted by Crippen LogP contribution is 2.26. The first kappa shape index (κ1) is 12.4. The molecule has 1 saturated carbocycles. The number of hydrogen-bond donors (Lipinski definition) is 0. The van der Waals surface area contributed by atoms with Gasteiger partial charge in [-0.3, -0.25) is 4.79 Å². The van der Waals surface area contributed by atoms with Crippen molar-refractivity contribution >= 4 is 16.8 Å². The van der Waals surface area contributed by atoms with Gasteiger partial charge in [-0.05, 0) is 31.4 Å². The highest BCUT2D eigenvalue weighted by Gasteiger charge is 2.24. The normalized spacial score (nSPS) is 19.4. The number of aryl methyl sites for hydroxylation is 2. The summed E-state index contributed by atoms with van der Waals surface area (Å²) in [6, 6.07) is 8.27. The van der Waals surface area contributed by atoms with Crippen LogP contribution in [0.15, 0.2) is 24.3 Å². The summed E-state index contributed by atoms with van der Waals surface area (Å²) < 4.78 is 2.29. The highest BCUT2D eigenvalue weighted by molar-refractivity contribution is 5.82. The Hall–Kier alpha value is -1.64. The number of nitrogens with zero attached hydrogens (tertiary/aromatic N) is 2. The lowest BCUT2D eigenvalue weighted by Crippen LogP contribution is -2.12. The molecule has 1 atom stereocenters. The van der Waals surface area contributed by atoms with Crippen LogP contribution in [0.25, 0.3) is 11.0 Å². The van der Waals surface area contributed by atoms with Gasteiger partial charge in [-0.2, -0.15) is 0 Å². The number of benzene rings is 1. The molecule has 19 heavy (non-hydrogen) atoms. The van der Waals surface area contributed by atoms with Gasteiger partial charge < -0.3 is 4.57 Å². The van der Waals surface area contributed by atoms with E-state index in [9.17, 15) is 4.79 Å². The molecule has 0 saturated heterocycles. The monoisotopic (exact) mass is 256 g/mol. The summed E-state index contributed by atoms with van der Waals surface area (Å²) in [6.07, 6.45) is 4.84. The van der Waals surface area contributed by atoms with Crippen molar-refractivity contribution in [1.82, 2.24) is 9.55 Å². The summed E-state index contributed by atoms with van der Waals surface area (Å²) in [4.78, 5) is 16.4. The Labute approximate surface area is 113 Å². The SMILES string of the molecule is CCc1nc2ccccc2n1CCC1CCCC1=O. The molecule has 0 aliphatic heterocycles. The molecule has 3 heteroatoms. The van der Waals surface area contributed by atoms with Gasteiger partial charge in [0.05, 0.1) is 11.0 Å². The van der Waals surface area contributed by atoms with Gasteiger partial charge in [0, 0.05) is 25.3 Å². The van der Waals surface area contributed by atoms with Crippen LogP contribution < -0.4 is 0 Å². The van der Waals surface area contributed by atoms with Crippen LogP contribution in [0.3, 0.4) is 0 Å². The Kier molecular flexibility index (Phi) is 3.36. The first-order valence-electron chi connectivity index (χ1n) is 7.26. The Morgan fingerprint density at radius 3 is 2.95 bits per heavy atom. The summed E-state index contributed by atoms with van der Waals surface area (Å²) >= 11 is 0. The van der Waals surface area contributed by atoms with Crippen LogP contribution in [0.2, 0.25) is 0 Å². The molecule has 0 bridgehead atoms. The van der Waals surface area contributed by atoms with Crippen molar-refractivity contribution in [3.05, 3.63) is 30.1 Å². The Bertz CT molecular complexity index is 600. The van der Waals surface area contributed by atoms with Gasteiger partial charge in [-0.15, -0.1) is 0 Å². The van der Waals surface area contributed by atoms with Gasteiger partial charge >= 0.3 is 0 Å². The van der Waals surface area contributed by atoms with Crippen LogP contribution in [0.1, 0.15) is 38.4 Å². The quantitative estimate of drug-likeness (QED) is 0.840. The van der Waals surface area contributed by atoms with Gasteiger partial charge in [0.15, 0.2) is 0 Å². The van der Waals surface area contributed by atoms with E-state index in [0.717, 1.165) is 50.0 Å². The van der Waals surface area contributed by atoms with Crippen LogP contribution in [-0.4, -0.2) is 15.3 Å². The largest absolute Gasteiger partial charge is 0.328 e. The number of aromatic nitrogens is 2. The molecule has 0 radical (unpaired) electrons.